The molecule has 1 heterocycles. The van der Waals surface area contributed by atoms with Crippen molar-refractivity contribution in [2.24, 2.45) is 7.05 Å². The molecular weight excluding hydrogens is 218 g/mol. The number of alkyl halides is 1. The van der Waals surface area contributed by atoms with Gasteiger partial charge in [0.05, 0.1) is 0 Å². The Bertz CT molecular complexity index is 244. The summed E-state index contributed by atoms with van der Waals surface area (Å²) in [7, 11) is 1.98. The monoisotopic (exact) mass is 231 g/mol. The first-order valence-corrected chi connectivity index (χ1v) is 5.00. The van der Waals surface area contributed by atoms with Crippen molar-refractivity contribution in [2.45, 2.75) is 31.0 Å². The fourth-order valence-electron chi connectivity index (χ4n) is 1.33. The Kier molecular flexibility index (Phi) is 3.26. The van der Waals surface area contributed by atoms with Crippen LogP contribution in [0.5, 0.6) is 0 Å². The molecule has 0 fully saturated rings. The number of rotatable bonds is 3. The molecule has 0 N–H and O–H groups in total. The summed E-state index contributed by atoms with van der Waals surface area (Å²) in [6.45, 7) is 4.31. The summed E-state index contributed by atoms with van der Waals surface area (Å²) in [6.07, 6.45) is 2.83. The van der Waals surface area contributed by atoms with Crippen LogP contribution in [0.4, 0.5) is 0 Å². The smallest absolute Gasteiger partial charge is 0.135 e. The lowest BCUT2D eigenvalue weighted by Crippen LogP contribution is -2.06. The molecule has 68 valence electrons. The van der Waals surface area contributed by atoms with Crippen molar-refractivity contribution in [3.8, 4) is 0 Å². The van der Waals surface area contributed by atoms with Crippen LogP contribution in [-0.4, -0.2) is 19.6 Å². The highest BCUT2D eigenvalue weighted by Gasteiger charge is 2.12. The molecule has 0 aromatic carbocycles. The van der Waals surface area contributed by atoms with E-state index in [2.05, 4.69) is 40.0 Å². The van der Waals surface area contributed by atoms with Crippen LogP contribution in [0.3, 0.4) is 0 Å². The minimum Gasteiger partial charge on any atom is -0.321 e. The van der Waals surface area contributed by atoms with E-state index < -0.39 is 0 Å². The zero-order valence-corrected chi connectivity index (χ0v) is 9.24. The quantitative estimate of drug-likeness (QED) is 0.747. The van der Waals surface area contributed by atoms with Crippen molar-refractivity contribution in [3.05, 3.63) is 12.2 Å². The van der Waals surface area contributed by atoms with Gasteiger partial charge in [-0.2, -0.15) is 0 Å². The summed E-state index contributed by atoms with van der Waals surface area (Å²) in [5.41, 5.74) is 0. The van der Waals surface area contributed by atoms with Gasteiger partial charge in [-0.3, -0.25) is 0 Å². The molecule has 0 saturated heterocycles. The molecular formula is C8H14BrN3. The molecule has 2 unspecified atom stereocenters. The Hall–Kier alpha value is -0.380. The normalized spacial score (nSPS) is 16.0. The second-order valence-electron chi connectivity index (χ2n) is 3.22. The maximum Gasteiger partial charge on any atom is 0.135 e. The van der Waals surface area contributed by atoms with Gasteiger partial charge in [0.25, 0.3) is 0 Å². The topological polar surface area (TPSA) is 30.7 Å². The lowest BCUT2D eigenvalue weighted by atomic mass is 10.1. The minimum atomic E-state index is 0.465. The first-order chi connectivity index (χ1) is 5.61. The second-order valence-corrected chi connectivity index (χ2v) is 4.78. The van der Waals surface area contributed by atoms with Gasteiger partial charge in [-0.15, -0.1) is 10.2 Å². The van der Waals surface area contributed by atoms with Crippen LogP contribution >= 0.6 is 15.9 Å². The molecule has 2 atom stereocenters. The summed E-state index contributed by atoms with van der Waals surface area (Å²) in [6, 6.07) is 0. The fourth-order valence-corrected chi connectivity index (χ4v) is 1.89. The van der Waals surface area contributed by atoms with Crippen LogP contribution < -0.4 is 0 Å². The first kappa shape index (κ1) is 9.71. The van der Waals surface area contributed by atoms with Gasteiger partial charge in [-0.05, 0) is 6.42 Å². The largest absolute Gasteiger partial charge is 0.321 e. The Balaban J connectivity index is 2.65. The molecule has 0 radical (unpaired) electrons. The first-order valence-electron chi connectivity index (χ1n) is 4.09. The van der Waals surface area contributed by atoms with Crippen LogP contribution in [0.25, 0.3) is 0 Å². The van der Waals surface area contributed by atoms with Crippen LogP contribution in [0.15, 0.2) is 6.33 Å². The summed E-state index contributed by atoms with van der Waals surface area (Å²) in [5.74, 6) is 1.52. The maximum absolute atomic E-state index is 4.06. The van der Waals surface area contributed by atoms with Crippen molar-refractivity contribution in [2.75, 3.05) is 0 Å². The Morgan fingerprint density at radius 1 is 1.58 bits per heavy atom. The highest BCUT2D eigenvalue weighted by atomic mass is 79.9. The summed E-state index contributed by atoms with van der Waals surface area (Å²) < 4.78 is 1.97. The van der Waals surface area contributed by atoms with E-state index in [0.29, 0.717) is 10.7 Å². The summed E-state index contributed by atoms with van der Waals surface area (Å²) >= 11 is 3.53. The number of nitrogens with zero attached hydrogens (tertiary/aromatic N) is 3. The second kappa shape index (κ2) is 4.03. The van der Waals surface area contributed by atoms with E-state index in [-0.39, 0.29) is 0 Å². The van der Waals surface area contributed by atoms with Gasteiger partial charge >= 0.3 is 0 Å². The number of hydrogen-bond acceptors (Lipinski definition) is 2. The van der Waals surface area contributed by atoms with Crippen molar-refractivity contribution in [3.63, 3.8) is 0 Å². The van der Waals surface area contributed by atoms with Gasteiger partial charge in [0.15, 0.2) is 0 Å². The average Bonchev–Trinajstić information content (AvgIpc) is 2.33. The highest BCUT2D eigenvalue weighted by molar-refractivity contribution is 9.09. The molecule has 1 aromatic rings. The van der Waals surface area contributed by atoms with Crippen molar-refractivity contribution < 1.29 is 0 Å². The zero-order chi connectivity index (χ0) is 9.14. The van der Waals surface area contributed by atoms with Crippen molar-refractivity contribution >= 4 is 15.9 Å². The maximum atomic E-state index is 4.06. The summed E-state index contributed by atoms with van der Waals surface area (Å²) in [5, 5.41) is 7.91. The van der Waals surface area contributed by atoms with E-state index in [1.807, 2.05) is 11.6 Å². The Morgan fingerprint density at radius 2 is 2.25 bits per heavy atom. The zero-order valence-electron chi connectivity index (χ0n) is 7.66. The summed E-state index contributed by atoms with van der Waals surface area (Å²) in [4.78, 5) is 0.532. The van der Waals surface area contributed by atoms with Gasteiger partial charge in [0.1, 0.15) is 12.2 Å². The number of aromatic nitrogens is 3. The third kappa shape index (κ3) is 2.30. The molecule has 0 aliphatic rings. The highest BCUT2D eigenvalue weighted by Crippen LogP contribution is 2.20. The predicted molar refractivity (Wildman–Crippen MR) is 52.4 cm³/mol. The molecule has 1 rings (SSSR count). The molecule has 12 heavy (non-hydrogen) atoms. The van der Waals surface area contributed by atoms with Crippen LogP contribution in [0, 0.1) is 0 Å². The van der Waals surface area contributed by atoms with E-state index in [1.54, 1.807) is 6.33 Å². The Morgan fingerprint density at radius 3 is 2.67 bits per heavy atom. The third-order valence-corrected chi connectivity index (χ3v) is 2.24. The number of hydrogen-bond donors (Lipinski definition) is 0. The molecule has 3 nitrogen and oxygen atoms in total. The van der Waals surface area contributed by atoms with Gasteiger partial charge < -0.3 is 4.57 Å². The average molecular weight is 232 g/mol. The molecule has 0 spiro atoms. The third-order valence-electron chi connectivity index (χ3n) is 1.87. The van der Waals surface area contributed by atoms with Gasteiger partial charge in [0.2, 0.25) is 0 Å². The molecule has 0 bridgehead atoms. The minimum absolute atomic E-state index is 0.465. The van der Waals surface area contributed by atoms with E-state index in [0.717, 1.165) is 12.2 Å². The van der Waals surface area contributed by atoms with E-state index >= 15 is 0 Å². The lowest BCUT2D eigenvalue weighted by molar-refractivity contribution is 0.610. The molecule has 1 aromatic heterocycles. The van der Waals surface area contributed by atoms with E-state index in [4.69, 9.17) is 0 Å². The molecule has 0 saturated carbocycles. The fraction of sp³-hybridized carbons (Fsp3) is 0.750. The van der Waals surface area contributed by atoms with Crippen LogP contribution in [-0.2, 0) is 7.05 Å². The van der Waals surface area contributed by atoms with E-state index in [9.17, 15) is 0 Å². The standard InChI is InChI=1S/C8H14BrN3/c1-6(4-7(2)9)8-11-10-5-12(8)3/h5-7H,4H2,1-3H3. The van der Waals surface area contributed by atoms with Crippen molar-refractivity contribution in [1.29, 1.82) is 0 Å². The molecule has 0 aliphatic heterocycles. The van der Waals surface area contributed by atoms with E-state index in [1.165, 1.54) is 0 Å². The van der Waals surface area contributed by atoms with Gasteiger partial charge in [-0.1, -0.05) is 29.8 Å². The number of aryl methyl sites for hydroxylation is 1. The predicted octanol–water partition coefficient (Wildman–Crippen LogP) is 2.09. The molecule has 4 heteroatoms. The SMILES string of the molecule is CC(Br)CC(C)c1nncn1C. The molecule has 0 aliphatic carbocycles. The van der Waals surface area contributed by atoms with Crippen LogP contribution in [0.2, 0.25) is 0 Å². The molecule has 0 amide bonds. The Labute approximate surface area is 81.3 Å². The van der Waals surface area contributed by atoms with Gasteiger partial charge in [0, 0.05) is 17.8 Å². The lowest BCUT2D eigenvalue weighted by Gasteiger charge is -2.11. The number of halogens is 1. The van der Waals surface area contributed by atoms with Crippen LogP contribution in [0.1, 0.15) is 32.0 Å². The van der Waals surface area contributed by atoms with Crippen molar-refractivity contribution in [1.82, 2.24) is 14.8 Å². The van der Waals surface area contributed by atoms with Gasteiger partial charge in [-0.25, -0.2) is 0 Å².